The van der Waals surface area contributed by atoms with Crippen LogP contribution in [0, 0.1) is 11.8 Å². The van der Waals surface area contributed by atoms with Gasteiger partial charge in [-0.2, -0.15) is 0 Å². The molecule has 0 radical (unpaired) electrons. The third-order valence-electron chi connectivity index (χ3n) is 2.03. The number of hydrogen-bond acceptors (Lipinski definition) is 2. The molecular weight excluding hydrogens is 234 g/mol. The average molecular weight is 244 g/mol. The summed E-state index contributed by atoms with van der Waals surface area (Å²) >= 11 is 5.84. The van der Waals surface area contributed by atoms with Gasteiger partial charge >= 0.3 is 0 Å². The number of hydrogen-bond donors (Lipinski definition) is 0. The van der Waals surface area contributed by atoms with Crippen molar-refractivity contribution >= 4 is 11.6 Å². The Morgan fingerprint density at radius 2 is 1.94 bits per heavy atom. The summed E-state index contributed by atoms with van der Waals surface area (Å²) < 4.78 is 5.39. The number of rotatable bonds is 2. The lowest BCUT2D eigenvalue weighted by Crippen LogP contribution is -1.95. The molecule has 1 aromatic carbocycles. The Kier molecular flexibility index (Phi) is 4.01. The summed E-state index contributed by atoms with van der Waals surface area (Å²) in [5, 5.41) is 0.356. The molecule has 0 spiro atoms. The lowest BCUT2D eigenvalue weighted by molar-refractivity contribution is 0.369. The van der Waals surface area contributed by atoms with Gasteiger partial charge in [0.05, 0.1) is 0 Å². The van der Waals surface area contributed by atoms with Crippen molar-refractivity contribution in [2.24, 2.45) is 0 Å². The van der Waals surface area contributed by atoms with Crippen LogP contribution in [0.1, 0.15) is 5.56 Å². The lowest BCUT2D eigenvalue weighted by atomic mass is 10.2. The Hall–Kier alpha value is -1.98. The molecule has 0 saturated heterocycles. The summed E-state index contributed by atoms with van der Waals surface area (Å²) in [6, 6.07) is 13.3. The fourth-order valence-electron chi connectivity index (χ4n) is 1.25. The molecule has 0 atom stereocenters. The molecule has 3 heteroatoms. The van der Waals surface area contributed by atoms with Gasteiger partial charge in [-0.1, -0.05) is 41.6 Å². The van der Waals surface area contributed by atoms with Crippen LogP contribution in [0.25, 0.3) is 0 Å². The van der Waals surface area contributed by atoms with Crippen LogP contribution in [-0.4, -0.2) is 11.6 Å². The van der Waals surface area contributed by atoms with Crippen molar-refractivity contribution in [3.05, 3.63) is 59.4 Å². The molecule has 2 nitrogen and oxygen atoms in total. The first kappa shape index (κ1) is 11.5. The minimum atomic E-state index is 0.292. The van der Waals surface area contributed by atoms with Gasteiger partial charge in [0.15, 0.2) is 10.9 Å². The van der Waals surface area contributed by atoms with E-state index in [1.807, 2.05) is 30.3 Å². The van der Waals surface area contributed by atoms with Crippen LogP contribution in [0.5, 0.6) is 5.75 Å². The Morgan fingerprint density at radius 3 is 2.71 bits per heavy atom. The van der Waals surface area contributed by atoms with Gasteiger partial charge in [0, 0.05) is 11.8 Å². The lowest BCUT2D eigenvalue weighted by Gasteiger charge is -2.01. The molecular formula is C14H10ClNO. The number of halogens is 1. The molecule has 0 fully saturated rings. The van der Waals surface area contributed by atoms with E-state index in [1.54, 1.807) is 18.3 Å². The van der Waals surface area contributed by atoms with E-state index >= 15 is 0 Å². The first-order valence-electron chi connectivity index (χ1n) is 5.13. The van der Waals surface area contributed by atoms with Crippen LogP contribution in [0.15, 0.2) is 48.7 Å². The van der Waals surface area contributed by atoms with Gasteiger partial charge in [-0.15, -0.1) is 0 Å². The SMILES string of the molecule is Clc1ncccc1OCC#Cc1ccccc1. The van der Waals surface area contributed by atoms with Crippen molar-refractivity contribution in [3.8, 4) is 17.6 Å². The first-order chi connectivity index (χ1) is 8.36. The normalized spacial score (nSPS) is 9.24. The van der Waals surface area contributed by atoms with Gasteiger partial charge in [-0.3, -0.25) is 0 Å². The highest BCUT2D eigenvalue weighted by Crippen LogP contribution is 2.19. The maximum atomic E-state index is 5.84. The highest BCUT2D eigenvalue weighted by atomic mass is 35.5. The summed E-state index contributed by atoms with van der Waals surface area (Å²) in [5.74, 6) is 6.47. The molecule has 2 rings (SSSR count). The first-order valence-corrected chi connectivity index (χ1v) is 5.51. The number of pyridine rings is 1. The monoisotopic (exact) mass is 243 g/mol. The minimum Gasteiger partial charge on any atom is -0.478 e. The minimum absolute atomic E-state index is 0.292. The van der Waals surface area contributed by atoms with E-state index in [4.69, 9.17) is 16.3 Å². The molecule has 17 heavy (non-hydrogen) atoms. The number of nitrogens with zero attached hydrogens (tertiary/aromatic N) is 1. The van der Waals surface area contributed by atoms with E-state index in [9.17, 15) is 0 Å². The van der Waals surface area contributed by atoms with Crippen LogP contribution in [0.4, 0.5) is 0 Å². The second-order valence-electron chi connectivity index (χ2n) is 3.25. The molecule has 0 unspecified atom stereocenters. The summed E-state index contributed by atoms with van der Waals surface area (Å²) in [5.41, 5.74) is 0.966. The van der Waals surface area contributed by atoms with Crippen molar-refractivity contribution in [1.82, 2.24) is 4.98 Å². The van der Waals surface area contributed by atoms with Gasteiger partial charge in [0.25, 0.3) is 0 Å². The highest BCUT2D eigenvalue weighted by molar-refractivity contribution is 6.30. The molecule has 0 saturated carbocycles. The fourth-order valence-corrected chi connectivity index (χ4v) is 1.43. The van der Waals surface area contributed by atoms with E-state index in [2.05, 4.69) is 16.8 Å². The molecule has 2 aromatic rings. The van der Waals surface area contributed by atoms with Crippen molar-refractivity contribution in [3.63, 3.8) is 0 Å². The average Bonchev–Trinajstić information content (AvgIpc) is 2.38. The molecule has 0 bridgehead atoms. The fraction of sp³-hybridized carbons (Fsp3) is 0.0714. The zero-order valence-corrected chi connectivity index (χ0v) is 9.82. The second kappa shape index (κ2) is 5.93. The summed E-state index contributed by atoms with van der Waals surface area (Å²) in [4.78, 5) is 3.91. The molecule has 1 aromatic heterocycles. The van der Waals surface area contributed by atoms with E-state index in [0.717, 1.165) is 5.56 Å². The van der Waals surface area contributed by atoms with Gasteiger partial charge in [-0.25, -0.2) is 4.98 Å². The Labute approximate surface area is 105 Å². The van der Waals surface area contributed by atoms with E-state index in [0.29, 0.717) is 17.5 Å². The molecule has 1 heterocycles. The van der Waals surface area contributed by atoms with E-state index in [1.165, 1.54) is 0 Å². The topological polar surface area (TPSA) is 22.1 Å². The predicted octanol–water partition coefficient (Wildman–Crippen LogP) is 3.17. The number of benzene rings is 1. The standard InChI is InChI=1S/C14H10ClNO/c15-14-13(9-4-10-16-14)17-11-5-8-12-6-2-1-3-7-12/h1-4,6-7,9-10H,11H2. The van der Waals surface area contributed by atoms with Crippen molar-refractivity contribution in [1.29, 1.82) is 0 Å². The van der Waals surface area contributed by atoms with Crippen molar-refractivity contribution in [2.45, 2.75) is 0 Å². The van der Waals surface area contributed by atoms with Crippen molar-refractivity contribution in [2.75, 3.05) is 6.61 Å². The van der Waals surface area contributed by atoms with Crippen LogP contribution < -0.4 is 4.74 Å². The van der Waals surface area contributed by atoms with Gasteiger partial charge in [-0.05, 0) is 24.3 Å². The third-order valence-corrected chi connectivity index (χ3v) is 2.32. The third kappa shape index (κ3) is 3.51. The predicted molar refractivity (Wildman–Crippen MR) is 68.1 cm³/mol. The van der Waals surface area contributed by atoms with Crippen LogP contribution >= 0.6 is 11.6 Å². The van der Waals surface area contributed by atoms with E-state index < -0.39 is 0 Å². The van der Waals surface area contributed by atoms with Gasteiger partial charge in [0.2, 0.25) is 0 Å². The Bertz CT molecular complexity index is 543. The molecule has 0 aliphatic heterocycles. The molecule has 84 valence electrons. The molecule has 0 amide bonds. The van der Waals surface area contributed by atoms with Crippen LogP contribution in [0.3, 0.4) is 0 Å². The van der Waals surface area contributed by atoms with E-state index in [-0.39, 0.29) is 0 Å². The summed E-state index contributed by atoms with van der Waals surface area (Å²) in [7, 11) is 0. The van der Waals surface area contributed by atoms with Crippen LogP contribution in [-0.2, 0) is 0 Å². The largest absolute Gasteiger partial charge is 0.478 e. The second-order valence-corrected chi connectivity index (χ2v) is 3.61. The van der Waals surface area contributed by atoms with Gasteiger partial charge in [0.1, 0.15) is 6.61 Å². The summed E-state index contributed by atoms with van der Waals surface area (Å²) in [6.07, 6.45) is 1.62. The highest BCUT2D eigenvalue weighted by Gasteiger charge is 1.98. The Balaban J connectivity index is 1.93. The van der Waals surface area contributed by atoms with Crippen molar-refractivity contribution < 1.29 is 4.74 Å². The zero-order valence-electron chi connectivity index (χ0n) is 9.06. The maximum absolute atomic E-state index is 5.84. The number of aromatic nitrogens is 1. The molecule has 0 N–H and O–H groups in total. The Morgan fingerprint density at radius 1 is 1.12 bits per heavy atom. The smallest absolute Gasteiger partial charge is 0.171 e. The molecule has 0 aliphatic rings. The van der Waals surface area contributed by atoms with Gasteiger partial charge < -0.3 is 4.74 Å². The number of ether oxygens (including phenoxy) is 1. The van der Waals surface area contributed by atoms with Crippen LogP contribution in [0.2, 0.25) is 5.15 Å². The zero-order chi connectivity index (χ0) is 11.9. The molecule has 0 aliphatic carbocycles. The summed E-state index contributed by atoms with van der Waals surface area (Å²) in [6.45, 7) is 0.292. The maximum Gasteiger partial charge on any atom is 0.171 e. The quantitative estimate of drug-likeness (QED) is 0.597.